The van der Waals surface area contributed by atoms with Crippen molar-refractivity contribution in [1.29, 1.82) is 0 Å². The minimum atomic E-state index is 1.10. The first kappa shape index (κ1) is 10.6. The van der Waals surface area contributed by atoms with Crippen LogP contribution in [-0.4, -0.2) is 4.98 Å². The van der Waals surface area contributed by atoms with Crippen molar-refractivity contribution in [2.45, 2.75) is 6.92 Å². The van der Waals surface area contributed by atoms with Gasteiger partial charge in [0.05, 0.1) is 0 Å². The molecule has 0 spiro atoms. The molecule has 0 saturated carbocycles. The Hall–Kier alpha value is -1.54. The van der Waals surface area contributed by atoms with Crippen LogP contribution in [-0.2, 0) is 0 Å². The van der Waals surface area contributed by atoms with Crippen LogP contribution in [0.15, 0.2) is 53.0 Å². The normalized spacial score (nSPS) is 10.9. The summed E-state index contributed by atoms with van der Waals surface area (Å²) in [5.41, 5.74) is 4.87. The fraction of sp³-hybridized carbons (Fsp3) is 0.0667. The van der Waals surface area contributed by atoms with E-state index in [1.54, 1.807) is 0 Å². The molecule has 3 aromatic rings. The number of fused-ring (bicyclic) bond motifs is 1. The Balaban J connectivity index is 2.22. The quantitative estimate of drug-likeness (QED) is 0.654. The Morgan fingerprint density at radius 2 is 1.82 bits per heavy atom. The fourth-order valence-electron chi connectivity index (χ4n) is 2.12. The van der Waals surface area contributed by atoms with Gasteiger partial charge in [-0.15, -0.1) is 0 Å². The largest absolute Gasteiger partial charge is 0.355 e. The summed E-state index contributed by atoms with van der Waals surface area (Å²) in [5.74, 6) is 0. The SMILES string of the molecule is Cc1cccc2[nH]c(-c3cccc(Br)c3)cc12. The second kappa shape index (κ2) is 4.04. The summed E-state index contributed by atoms with van der Waals surface area (Å²) in [5, 5.41) is 1.29. The molecule has 0 aliphatic carbocycles. The lowest BCUT2D eigenvalue weighted by Gasteiger charge is -1.97. The smallest absolute Gasteiger partial charge is 0.0465 e. The monoisotopic (exact) mass is 285 g/mol. The highest BCUT2D eigenvalue weighted by molar-refractivity contribution is 9.10. The average Bonchev–Trinajstić information content (AvgIpc) is 2.74. The second-order valence-electron chi connectivity index (χ2n) is 4.23. The summed E-state index contributed by atoms with van der Waals surface area (Å²) in [6.45, 7) is 2.14. The molecule has 0 amide bonds. The van der Waals surface area contributed by atoms with Crippen LogP contribution in [0.3, 0.4) is 0 Å². The van der Waals surface area contributed by atoms with Gasteiger partial charge in [0.15, 0.2) is 0 Å². The van der Waals surface area contributed by atoms with Crippen LogP contribution in [0, 0.1) is 6.92 Å². The molecule has 1 aromatic heterocycles. The third kappa shape index (κ3) is 1.89. The molecular weight excluding hydrogens is 274 g/mol. The molecule has 1 N–H and O–H groups in total. The maximum atomic E-state index is 3.50. The Kier molecular flexibility index (Phi) is 2.52. The third-order valence-corrected chi connectivity index (χ3v) is 3.51. The van der Waals surface area contributed by atoms with Crippen molar-refractivity contribution in [1.82, 2.24) is 4.98 Å². The number of H-pyrrole nitrogens is 1. The average molecular weight is 286 g/mol. The first-order chi connectivity index (χ1) is 8.24. The number of benzene rings is 2. The molecule has 0 saturated heterocycles. The van der Waals surface area contributed by atoms with Crippen molar-refractivity contribution in [3.05, 3.63) is 58.6 Å². The molecule has 3 rings (SSSR count). The van der Waals surface area contributed by atoms with Crippen molar-refractivity contribution < 1.29 is 0 Å². The number of rotatable bonds is 1. The van der Waals surface area contributed by atoms with Crippen molar-refractivity contribution >= 4 is 26.8 Å². The number of halogens is 1. The standard InChI is InChI=1S/C15H12BrN/c1-10-4-2-7-14-13(10)9-15(17-14)11-5-3-6-12(16)8-11/h2-9,17H,1H3. The minimum Gasteiger partial charge on any atom is -0.355 e. The van der Waals surface area contributed by atoms with E-state index in [1.807, 2.05) is 6.07 Å². The molecule has 1 heterocycles. The molecule has 2 aromatic carbocycles. The van der Waals surface area contributed by atoms with E-state index in [0.29, 0.717) is 0 Å². The van der Waals surface area contributed by atoms with Crippen LogP contribution in [0.25, 0.3) is 22.2 Å². The van der Waals surface area contributed by atoms with Gasteiger partial charge in [0.1, 0.15) is 0 Å². The number of aryl methyl sites for hydroxylation is 1. The topological polar surface area (TPSA) is 15.8 Å². The lowest BCUT2D eigenvalue weighted by atomic mass is 10.1. The minimum absolute atomic E-state index is 1.10. The highest BCUT2D eigenvalue weighted by Gasteiger charge is 2.04. The van der Waals surface area contributed by atoms with Gasteiger partial charge in [-0.3, -0.25) is 0 Å². The molecule has 0 bridgehead atoms. The van der Waals surface area contributed by atoms with E-state index in [9.17, 15) is 0 Å². The molecule has 0 aliphatic heterocycles. The predicted octanol–water partition coefficient (Wildman–Crippen LogP) is 4.91. The van der Waals surface area contributed by atoms with Crippen molar-refractivity contribution in [3.63, 3.8) is 0 Å². The summed E-state index contributed by atoms with van der Waals surface area (Å²) in [4.78, 5) is 3.46. The van der Waals surface area contributed by atoms with Crippen molar-refractivity contribution in [3.8, 4) is 11.3 Å². The third-order valence-electron chi connectivity index (χ3n) is 3.02. The Labute approximate surface area is 109 Å². The van der Waals surface area contributed by atoms with Gasteiger partial charge in [-0.05, 0) is 42.3 Å². The van der Waals surface area contributed by atoms with Crippen LogP contribution < -0.4 is 0 Å². The molecule has 2 heteroatoms. The van der Waals surface area contributed by atoms with Crippen LogP contribution in [0.4, 0.5) is 0 Å². The second-order valence-corrected chi connectivity index (χ2v) is 5.15. The zero-order valence-corrected chi connectivity index (χ0v) is 11.1. The fourth-order valence-corrected chi connectivity index (χ4v) is 2.52. The zero-order valence-electron chi connectivity index (χ0n) is 9.50. The van der Waals surface area contributed by atoms with Gasteiger partial charge in [-0.25, -0.2) is 0 Å². The summed E-state index contributed by atoms with van der Waals surface area (Å²) in [7, 11) is 0. The maximum Gasteiger partial charge on any atom is 0.0465 e. The number of hydrogen-bond donors (Lipinski definition) is 1. The summed E-state index contributed by atoms with van der Waals surface area (Å²) < 4.78 is 1.10. The first-order valence-electron chi connectivity index (χ1n) is 5.58. The van der Waals surface area contributed by atoms with Gasteiger partial charge in [0, 0.05) is 21.1 Å². The number of aromatic nitrogens is 1. The Bertz CT molecular complexity index is 682. The molecule has 0 unspecified atom stereocenters. The van der Waals surface area contributed by atoms with Gasteiger partial charge < -0.3 is 4.98 Å². The van der Waals surface area contributed by atoms with Gasteiger partial charge in [-0.2, -0.15) is 0 Å². The Morgan fingerprint density at radius 1 is 1.00 bits per heavy atom. The Morgan fingerprint density at radius 3 is 2.59 bits per heavy atom. The van der Waals surface area contributed by atoms with Gasteiger partial charge in [0.25, 0.3) is 0 Å². The van der Waals surface area contributed by atoms with Gasteiger partial charge in [-0.1, -0.05) is 40.2 Å². The lowest BCUT2D eigenvalue weighted by Crippen LogP contribution is -1.76. The molecule has 0 fully saturated rings. The number of aromatic amines is 1. The molecule has 84 valence electrons. The van der Waals surface area contributed by atoms with E-state index in [-0.39, 0.29) is 0 Å². The van der Waals surface area contributed by atoms with Crippen LogP contribution in [0.5, 0.6) is 0 Å². The van der Waals surface area contributed by atoms with E-state index in [0.717, 1.165) is 10.2 Å². The van der Waals surface area contributed by atoms with E-state index < -0.39 is 0 Å². The van der Waals surface area contributed by atoms with E-state index in [1.165, 1.54) is 22.0 Å². The first-order valence-corrected chi connectivity index (χ1v) is 6.37. The summed E-state index contributed by atoms with van der Waals surface area (Å²) in [6, 6.07) is 16.9. The highest BCUT2D eigenvalue weighted by Crippen LogP contribution is 2.27. The summed E-state index contributed by atoms with van der Waals surface area (Å²) >= 11 is 3.50. The highest BCUT2D eigenvalue weighted by atomic mass is 79.9. The zero-order chi connectivity index (χ0) is 11.8. The van der Waals surface area contributed by atoms with E-state index >= 15 is 0 Å². The number of nitrogens with one attached hydrogen (secondary N) is 1. The van der Waals surface area contributed by atoms with Crippen molar-refractivity contribution in [2.24, 2.45) is 0 Å². The van der Waals surface area contributed by atoms with Crippen molar-refractivity contribution in [2.75, 3.05) is 0 Å². The van der Waals surface area contributed by atoms with Crippen LogP contribution >= 0.6 is 15.9 Å². The predicted molar refractivity (Wildman–Crippen MR) is 76.2 cm³/mol. The van der Waals surface area contributed by atoms with Gasteiger partial charge in [0.2, 0.25) is 0 Å². The molecule has 17 heavy (non-hydrogen) atoms. The lowest BCUT2D eigenvalue weighted by molar-refractivity contribution is 1.44. The maximum absolute atomic E-state index is 3.50. The van der Waals surface area contributed by atoms with E-state index in [2.05, 4.69) is 70.3 Å². The molecule has 0 radical (unpaired) electrons. The number of hydrogen-bond acceptors (Lipinski definition) is 0. The molecular formula is C15H12BrN. The van der Waals surface area contributed by atoms with E-state index in [4.69, 9.17) is 0 Å². The van der Waals surface area contributed by atoms with Crippen LogP contribution in [0.1, 0.15) is 5.56 Å². The van der Waals surface area contributed by atoms with Crippen LogP contribution in [0.2, 0.25) is 0 Å². The molecule has 1 nitrogen and oxygen atoms in total. The van der Waals surface area contributed by atoms with Gasteiger partial charge >= 0.3 is 0 Å². The summed E-state index contributed by atoms with van der Waals surface area (Å²) in [6.07, 6.45) is 0. The molecule has 0 atom stereocenters. The molecule has 0 aliphatic rings.